The molecule has 146 valence electrons. The first-order valence-electron chi connectivity index (χ1n) is 9.88. The topological polar surface area (TPSA) is 63.1 Å². The Kier molecular flexibility index (Phi) is 4.37. The third kappa shape index (κ3) is 3.00. The van der Waals surface area contributed by atoms with Crippen molar-refractivity contribution in [3.8, 4) is 0 Å². The van der Waals surface area contributed by atoms with E-state index in [0.29, 0.717) is 11.3 Å². The number of para-hydroxylation sites is 1. The fourth-order valence-corrected chi connectivity index (χ4v) is 4.27. The lowest BCUT2D eigenvalue weighted by Gasteiger charge is -2.09. The van der Waals surface area contributed by atoms with Gasteiger partial charge < -0.3 is 15.2 Å². The predicted octanol–water partition coefficient (Wildman–Crippen LogP) is 4.01. The number of ketones is 1. The average Bonchev–Trinajstić information content (AvgIpc) is 2.89. The molecule has 0 bridgehead atoms. The Bertz CT molecular complexity index is 1260. The molecule has 2 heterocycles. The number of benzene rings is 3. The van der Waals surface area contributed by atoms with Crippen molar-refractivity contribution in [1.29, 1.82) is 0 Å². The van der Waals surface area contributed by atoms with Gasteiger partial charge in [0.05, 0.1) is 5.56 Å². The zero-order chi connectivity index (χ0) is 19.8. The van der Waals surface area contributed by atoms with E-state index in [1.807, 2.05) is 66.7 Å². The van der Waals surface area contributed by atoms with Crippen LogP contribution < -0.4 is 10.6 Å². The molecule has 5 rings (SSSR count). The van der Waals surface area contributed by atoms with Gasteiger partial charge in [0.1, 0.15) is 0 Å². The van der Waals surface area contributed by atoms with E-state index >= 15 is 0 Å². The molecule has 0 spiro atoms. The molecular formula is C24H23N3O2. The van der Waals surface area contributed by atoms with Crippen molar-refractivity contribution in [1.82, 2.24) is 9.88 Å². The Morgan fingerprint density at radius 3 is 2.55 bits per heavy atom. The van der Waals surface area contributed by atoms with Crippen molar-refractivity contribution in [3.63, 3.8) is 0 Å². The molecule has 4 aromatic rings. The highest BCUT2D eigenvalue weighted by atomic mass is 16.2. The molecule has 1 aliphatic rings. The summed E-state index contributed by atoms with van der Waals surface area (Å²) < 4.78 is 2.17. The highest BCUT2D eigenvalue weighted by molar-refractivity contribution is 6.49. The summed E-state index contributed by atoms with van der Waals surface area (Å²) in [6, 6.07) is 21.3. The zero-order valence-electron chi connectivity index (χ0n) is 15.9. The van der Waals surface area contributed by atoms with Gasteiger partial charge in [0.25, 0.3) is 11.7 Å². The number of Topliss-reactive ketones (excluding diaryl/α,β-unsaturated/α-hetero) is 1. The lowest BCUT2D eigenvalue weighted by atomic mass is 10.0. The first kappa shape index (κ1) is 17.6. The van der Waals surface area contributed by atoms with E-state index in [9.17, 15) is 9.59 Å². The molecule has 0 saturated heterocycles. The van der Waals surface area contributed by atoms with Gasteiger partial charge in [-0.1, -0.05) is 54.6 Å². The second-order valence-electron chi connectivity index (χ2n) is 7.30. The van der Waals surface area contributed by atoms with Crippen LogP contribution in [0, 0.1) is 0 Å². The number of fused-ring (bicyclic) bond motifs is 4. The van der Waals surface area contributed by atoms with Crippen LogP contribution in [-0.4, -0.2) is 29.3 Å². The summed E-state index contributed by atoms with van der Waals surface area (Å²) in [6.07, 6.45) is 0.720. The Balaban J connectivity index is 0.00000218. The predicted molar refractivity (Wildman–Crippen MR) is 118 cm³/mol. The van der Waals surface area contributed by atoms with E-state index in [0.717, 1.165) is 53.4 Å². The number of rotatable bonds is 3. The minimum absolute atomic E-state index is 0. The first-order valence-corrected chi connectivity index (χ1v) is 9.88. The van der Waals surface area contributed by atoms with Crippen LogP contribution in [0.15, 0.2) is 66.7 Å². The van der Waals surface area contributed by atoms with E-state index < -0.39 is 11.7 Å². The van der Waals surface area contributed by atoms with Crippen LogP contribution in [0.4, 0.5) is 5.69 Å². The van der Waals surface area contributed by atoms with Crippen LogP contribution in [0.2, 0.25) is 0 Å². The summed E-state index contributed by atoms with van der Waals surface area (Å²) in [4.78, 5) is 26.3. The molecule has 1 aromatic heterocycles. The molecule has 1 aliphatic heterocycles. The quantitative estimate of drug-likeness (QED) is 0.414. The average molecular weight is 385 g/mol. The zero-order valence-corrected chi connectivity index (χ0v) is 15.9. The normalized spacial score (nSPS) is 13.8. The SMILES string of the molecule is O=C(Nc1cccc2ccccc12)C(=O)c1c2n(c3ccccc13)CCNCC2.[HH]. The van der Waals surface area contributed by atoms with Crippen LogP contribution in [0.25, 0.3) is 21.7 Å². The van der Waals surface area contributed by atoms with E-state index in [1.54, 1.807) is 0 Å². The number of hydrogen-bond donors (Lipinski definition) is 2. The molecule has 1 amide bonds. The van der Waals surface area contributed by atoms with Gasteiger partial charge >= 0.3 is 0 Å². The van der Waals surface area contributed by atoms with Crippen molar-refractivity contribution >= 4 is 39.1 Å². The van der Waals surface area contributed by atoms with Crippen LogP contribution in [0.3, 0.4) is 0 Å². The van der Waals surface area contributed by atoms with Crippen molar-refractivity contribution in [2.75, 3.05) is 18.4 Å². The first-order chi connectivity index (χ1) is 14.2. The third-order valence-electron chi connectivity index (χ3n) is 5.60. The summed E-state index contributed by atoms with van der Waals surface area (Å²) in [6.45, 7) is 2.43. The van der Waals surface area contributed by atoms with Crippen LogP contribution in [-0.2, 0) is 17.8 Å². The van der Waals surface area contributed by atoms with E-state index in [2.05, 4.69) is 15.2 Å². The summed E-state index contributed by atoms with van der Waals surface area (Å²) in [5.74, 6) is -1.08. The minimum Gasteiger partial charge on any atom is -0.343 e. The Labute approximate surface area is 169 Å². The fourth-order valence-electron chi connectivity index (χ4n) is 4.27. The third-order valence-corrected chi connectivity index (χ3v) is 5.60. The molecular weight excluding hydrogens is 362 g/mol. The Morgan fingerprint density at radius 2 is 1.66 bits per heavy atom. The molecule has 0 radical (unpaired) electrons. The lowest BCUT2D eigenvalue weighted by Crippen LogP contribution is -2.24. The number of carbonyl (C=O) groups is 2. The Hall–Kier alpha value is -3.44. The van der Waals surface area contributed by atoms with Crippen LogP contribution in [0.5, 0.6) is 0 Å². The largest absolute Gasteiger partial charge is 0.343 e. The molecule has 3 aromatic carbocycles. The minimum atomic E-state index is -0.599. The monoisotopic (exact) mass is 385 g/mol. The smallest absolute Gasteiger partial charge is 0.296 e. The number of hydrogen-bond acceptors (Lipinski definition) is 3. The van der Waals surface area contributed by atoms with Crippen molar-refractivity contribution in [2.24, 2.45) is 0 Å². The lowest BCUT2D eigenvalue weighted by molar-refractivity contribution is -0.112. The van der Waals surface area contributed by atoms with Crippen LogP contribution >= 0.6 is 0 Å². The molecule has 0 fully saturated rings. The number of amides is 1. The summed E-state index contributed by atoms with van der Waals surface area (Å²) in [5, 5.41) is 9.00. The van der Waals surface area contributed by atoms with Gasteiger partial charge in [-0.25, -0.2) is 0 Å². The molecule has 29 heavy (non-hydrogen) atoms. The summed E-state index contributed by atoms with van der Waals surface area (Å²) >= 11 is 0. The second kappa shape index (κ2) is 7.18. The molecule has 0 saturated carbocycles. The van der Waals surface area contributed by atoms with Gasteiger partial charge in [-0.05, 0) is 17.5 Å². The maximum Gasteiger partial charge on any atom is 0.296 e. The van der Waals surface area contributed by atoms with Gasteiger partial charge in [-0.3, -0.25) is 9.59 Å². The molecule has 5 nitrogen and oxygen atoms in total. The number of carbonyl (C=O) groups excluding carboxylic acids is 2. The molecule has 0 aliphatic carbocycles. The fraction of sp³-hybridized carbons (Fsp3) is 0.167. The van der Waals surface area contributed by atoms with E-state index in [4.69, 9.17) is 0 Å². The molecule has 0 atom stereocenters. The van der Waals surface area contributed by atoms with Crippen molar-refractivity contribution in [2.45, 2.75) is 13.0 Å². The summed E-state index contributed by atoms with van der Waals surface area (Å²) in [7, 11) is 0. The highest BCUT2D eigenvalue weighted by Gasteiger charge is 2.27. The standard InChI is InChI=1S/C24H21N3O2.H2/c28-23(24(29)26-19-10-5-7-16-6-1-2-8-17(16)19)22-18-9-3-4-11-20(18)27-15-14-25-13-12-21(22)27;/h1-11,25H,12-15H2,(H,26,29);1H. The van der Waals surface area contributed by atoms with Gasteiger partial charge in [-0.2, -0.15) is 0 Å². The number of nitrogens with one attached hydrogen (secondary N) is 2. The maximum atomic E-state index is 13.3. The van der Waals surface area contributed by atoms with Gasteiger partial charge in [0.15, 0.2) is 0 Å². The number of anilines is 1. The number of nitrogens with zero attached hydrogens (tertiary/aromatic N) is 1. The summed E-state index contributed by atoms with van der Waals surface area (Å²) in [5.41, 5.74) is 3.13. The van der Waals surface area contributed by atoms with Gasteiger partial charge in [-0.15, -0.1) is 0 Å². The van der Waals surface area contributed by atoms with Gasteiger partial charge in [0.2, 0.25) is 0 Å². The molecule has 5 heteroatoms. The van der Waals surface area contributed by atoms with Crippen molar-refractivity contribution in [3.05, 3.63) is 78.0 Å². The van der Waals surface area contributed by atoms with E-state index in [-0.39, 0.29) is 1.43 Å². The maximum absolute atomic E-state index is 13.3. The Morgan fingerprint density at radius 1 is 0.897 bits per heavy atom. The molecule has 0 unspecified atom stereocenters. The van der Waals surface area contributed by atoms with Crippen molar-refractivity contribution < 1.29 is 11.0 Å². The van der Waals surface area contributed by atoms with E-state index in [1.165, 1.54) is 0 Å². The highest BCUT2D eigenvalue weighted by Crippen LogP contribution is 2.29. The second-order valence-corrected chi connectivity index (χ2v) is 7.30. The molecule has 2 N–H and O–H groups in total. The number of aromatic nitrogens is 1. The van der Waals surface area contributed by atoms with Crippen LogP contribution in [0.1, 0.15) is 17.5 Å². The van der Waals surface area contributed by atoms with Gasteiger partial charge in [0, 0.05) is 55.2 Å².